The Morgan fingerprint density at radius 2 is 1.59 bits per heavy atom. The molecule has 0 aliphatic rings. The molecule has 0 radical (unpaired) electrons. The first kappa shape index (κ1) is 23.0. The standard InChI is InChI=1S/C24H32N2O2S/c1-3-16-25-24(28)22(4-2)26(17-15-20-11-7-5-8-12-20)23(27)19-29-18-21-13-9-6-10-14-21/h5-14,22H,3-4,15-19H2,1-2H3,(H,25,28)/t22-/m0/s1. The summed E-state index contributed by atoms with van der Waals surface area (Å²) in [6, 6.07) is 19.8. The number of amides is 2. The van der Waals surface area contributed by atoms with E-state index in [-0.39, 0.29) is 11.8 Å². The highest BCUT2D eigenvalue weighted by Crippen LogP contribution is 2.15. The van der Waals surface area contributed by atoms with Crippen LogP contribution in [0.15, 0.2) is 60.7 Å². The van der Waals surface area contributed by atoms with Crippen LogP contribution in [0.5, 0.6) is 0 Å². The highest BCUT2D eigenvalue weighted by molar-refractivity contribution is 7.99. The Morgan fingerprint density at radius 3 is 2.17 bits per heavy atom. The molecule has 0 bridgehead atoms. The maximum Gasteiger partial charge on any atom is 0.242 e. The lowest BCUT2D eigenvalue weighted by atomic mass is 10.1. The van der Waals surface area contributed by atoms with Gasteiger partial charge in [-0.15, -0.1) is 11.8 Å². The molecule has 2 rings (SSSR count). The molecule has 2 aromatic carbocycles. The van der Waals surface area contributed by atoms with Gasteiger partial charge >= 0.3 is 0 Å². The summed E-state index contributed by atoms with van der Waals surface area (Å²) in [5, 5.41) is 2.96. The third-order valence-electron chi connectivity index (χ3n) is 4.76. The van der Waals surface area contributed by atoms with E-state index in [0.717, 1.165) is 18.6 Å². The largest absolute Gasteiger partial charge is 0.354 e. The van der Waals surface area contributed by atoms with E-state index in [4.69, 9.17) is 0 Å². The summed E-state index contributed by atoms with van der Waals surface area (Å²) in [6.45, 7) is 5.18. The van der Waals surface area contributed by atoms with Crippen molar-refractivity contribution in [1.29, 1.82) is 0 Å². The molecule has 1 atom stereocenters. The fraction of sp³-hybridized carbons (Fsp3) is 0.417. The molecular weight excluding hydrogens is 380 g/mol. The minimum atomic E-state index is -0.421. The number of rotatable bonds is 12. The van der Waals surface area contributed by atoms with Crippen LogP contribution in [0.1, 0.15) is 37.8 Å². The van der Waals surface area contributed by atoms with E-state index in [1.165, 1.54) is 11.1 Å². The van der Waals surface area contributed by atoms with Crippen molar-refractivity contribution in [3.8, 4) is 0 Å². The number of hydrogen-bond acceptors (Lipinski definition) is 3. The Labute approximate surface area is 179 Å². The second-order valence-electron chi connectivity index (χ2n) is 7.02. The highest BCUT2D eigenvalue weighted by atomic mass is 32.2. The molecule has 2 amide bonds. The van der Waals surface area contributed by atoms with Crippen molar-refractivity contribution >= 4 is 23.6 Å². The maximum atomic E-state index is 13.1. The van der Waals surface area contributed by atoms with Gasteiger partial charge in [0.05, 0.1) is 5.75 Å². The molecule has 5 heteroatoms. The van der Waals surface area contributed by atoms with Gasteiger partial charge in [0.25, 0.3) is 0 Å². The van der Waals surface area contributed by atoms with Crippen LogP contribution in [0.2, 0.25) is 0 Å². The van der Waals surface area contributed by atoms with Crippen LogP contribution in [0.3, 0.4) is 0 Å². The molecule has 0 aromatic heterocycles. The van der Waals surface area contributed by atoms with Crippen molar-refractivity contribution in [1.82, 2.24) is 10.2 Å². The van der Waals surface area contributed by atoms with Gasteiger partial charge < -0.3 is 10.2 Å². The third-order valence-corrected chi connectivity index (χ3v) is 5.74. The van der Waals surface area contributed by atoms with Crippen molar-refractivity contribution < 1.29 is 9.59 Å². The lowest BCUT2D eigenvalue weighted by Gasteiger charge is -2.30. The zero-order chi connectivity index (χ0) is 20.9. The summed E-state index contributed by atoms with van der Waals surface area (Å²) in [7, 11) is 0. The Bertz CT molecular complexity index is 737. The Balaban J connectivity index is 2.02. The third kappa shape index (κ3) is 7.94. The zero-order valence-corrected chi connectivity index (χ0v) is 18.3. The van der Waals surface area contributed by atoms with Gasteiger partial charge in [0.15, 0.2) is 0 Å². The van der Waals surface area contributed by atoms with Crippen molar-refractivity contribution in [3.63, 3.8) is 0 Å². The van der Waals surface area contributed by atoms with Crippen LogP contribution in [0.25, 0.3) is 0 Å². The summed E-state index contributed by atoms with van der Waals surface area (Å²) in [6.07, 6.45) is 2.24. The Morgan fingerprint density at radius 1 is 0.966 bits per heavy atom. The molecule has 156 valence electrons. The van der Waals surface area contributed by atoms with Gasteiger partial charge in [0.2, 0.25) is 11.8 Å². The quantitative estimate of drug-likeness (QED) is 0.566. The predicted molar refractivity (Wildman–Crippen MR) is 122 cm³/mol. The van der Waals surface area contributed by atoms with E-state index in [2.05, 4.69) is 29.6 Å². The van der Waals surface area contributed by atoms with Gasteiger partial charge in [-0.3, -0.25) is 9.59 Å². The minimum Gasteiger partial charge on any atom is -0.354 e. The normalized spacial score (nSPS) is 11.7. The number of carbonyl (C=O) groups is 2. The molecule has 1 N–H and O–H groups in total. The van der Waals surface area contributed by atoms with Crippen molar-refractivity contribution in [2.75, 3.05) is 18.8 Å². The first-order chi connectivity index (χ1) is 14.2. The van der Waals surface area contributed by atoms with E-state index in [9.17, 15) is 9.59 Å². The summed E-state index contributed by atoms with van der Waals surface area (Å²) >= 11 is 1.60. The van der Waals surface area contributed by atoms with Gasteiger partial charge in [-0.2, -0.15) is 0 Å². The van der Waals surface area contributed by atoms with Gasteiger partial charge in [0, 0.05) is 18.8 Å². The maximum absolute atomic E-state index is 13.1. The van der Waals surface area contributed by atoms with E-state index < -0.39 is 6.04 Å². The molecule has 0 aliphatic carbocycles. The lowest BCUT2D eigenvalue weighted by Crippen LogP contribution is -2.50. The SMILES string of the molecule is CCCNC(=O)[C@H](CC)N(CCc1ccccc1)C(=O)CSCc1ccccc1. The molecule has 2 aromatic rings. The monoisotopic (exact) mass is 412 g/mol. The number of hydrogen-bond donors (Lipinski definition) is 1. The van der Waals surface area contributed by atoms with Gasteiger partial charge in [-0.1, -0.05) is 74.5 Å². The Hall–Kier alpha value is -2.27. The van der Waals surface area contributed by atoms with E-state index in [1.807, 2.05) is 50.2 Å². The van der Waals surface area contributed by atoms with Gasteiger partial charge in [0.1, 0.15) is 6.04 Å². The van der Waals surface area contributed by atoms with Crippen LogP contribution in [0, 0.1) is 0 Å². The molecule has 0 saturated carbocycles. The molecule has 0 heterocycles. The smallest absolute Gasteiger partial charge is 0.242 e. The summed E-state index contributed by atoms with van der Waals surface area (Å²) < 4.78 is 0. The van der Waals surface area contributed by atoms with Crippen LogP contribution < -0.4 is 5.32 Å². The zero-order valence-electron chi connectivity index (χ0n) is 17.5. The molecule has 0 saturated heterocycles. The second-order valence-corrected chi connectivity index (χ2v) is 8.00. The Kier molecular flexibility index (Phi) is 10.4. The highest BCUT2D eigenvalue weighted by Gasteiger charge is 2.27. The lowest BCUT2D eigenvalue weighted by molar-refractivity contribution is -0.138. The first-order valence-electron chi connectivity index (χ1n) is 10.4. The van der Waals surface area contributed by atoms with Gasteiger partial charge in [-0.05, 0) is 30.4 Å². The fourth-order valence-electron chi connectivity index (χ4n) is 3.18. The number of carbonyl (C=O) groups excluding carboxylic acids is 2. The van der Waals surface area contributed by atoms with Crippen LogP contribution in [0.4, 0.5) is 0 Å². The van der Waals surface area contributed by atoms with E-state index >= 15 is 0 Å². The summed E-state index contributed by atoms with van der Waals surface area (Å²) in [5.74, 6) is 1.14. The molecule has 29 heavy (non-hydrogen) atoms. The molecular formula is C24H32N2O2S. The number of nitrogens with one attached hydrogen (secondary N) is 1. The van der Waals surface area contributed by atoms with Crippen molar-refractivity contribution in [2.24, 2.45) is 0 Å². The van der Waals surface area contributed by atoms with Gasteiger partial charge in [-0.25, -0.2) is 0 Å². The molecule has 0 aliphatic heterocycles. The average molecular weight is 413 g/mol. The van der Waals surface area contributed by atoms with Crippen LogP contribution in [-0.2, 0) is 21.8 Å². The van der Waals surface area contributed by atoms with Crippen LogP contribution in [-0.4, -0.2) is 41.6 Å². The minimum absolute atomic E-state index is 0.0281. The topological polar surface area (TPSA) is 49.4 Å². The molecule has 0 unspecified atom stereocenters. The number of thioether (sulfide) groups is 1. The number of nitrogens with zero attached hydrogens (tertiary/aromatic N) is 1. The summed E-state index contributed by atoms with van der Waals surface area (Å²) in [4.78, 5) is 27.5. The fourth-order valence-corrected chi connectivity index (χ4v) is 4.05. The van der Waals surface area contributed by atoms with Crippen molar-refractivity contribution in [3.05, 3.63) is 71.8 Å². The predicted octanol–water partition coefficient (Wildman–Crippen LogP) is 4.30. The van der Waals surface area contributed by atoms with E-state index in [1.54, 1.807) is 16.7 Å². The number of benzene rings is 2. The summed E-state index contributed by atoms with van der Waals surface area (Å²) in [5.41, 5.74) is 2.37. The molecule has 0 fully saturated rings. The average Bonchev–Trinajstić information content (AvgIpc) is 2.76. The molecule has 0 spiro atoms. The first-order valence-corrected chi connectivity index (χ1v) is 11.5. The molecule has 4 nitrogen and oxygen atoms in total. The van der Waals surface area contributed by atoms with Crippen LogP contribution >= 0.6 is 11.8 Å². The van der Waals surface area contributed by atoms with Crippen molar-refractivity contribution in [2.45, 2.75) is 44.9 Å². The second kappa shape index (κ2) is 13.0. The van der Waals surface area contributed by atoms with E-state index in [0.29, 0.717) is 25.3 Å².